The Morgan fingerprint density at radius 2 is 2.14 bits per heavy atom. The molecule has 0 bridgehead atoms. The molecular weight excluding hydrogens is 383 g/mol. The van der Waals surface area contributed by atoms with Gasteiger partial charge in [0, 0.05) is 26.7 Å². The third-order valence-corrected chi connectivity index (χ3v) is 3.56. The highest BCUT2D eigenvalue weighted by molar-refractivity contribution is 14.0. The lowest BCUT2D eigenvalue weighted by Gasteiger charge is -2.29. The number of guanidine groups is 1. The van der Waals surface area contributed by atoms with Crippen molar-refractivity contribution in [2.24, 2.45) is 4.99 Å². The number of hydrogen-bond acceptors (Lipinski definition) is 5. The molecule has 21 heavy (non-hydrogen) atoms. The minimum absolute atomic E-state index is 0. The van der Waals surface area contributed by atoms with Crippen LogP contribution in [0.2, 0.25) is 0 Å². The summed E-state index contributed by atoms with van der Waals surface area (Å²) in [6.07, 6.45) is 1.85. The van der Waals surface area contributed by atoms with Crippen molar-refractivity contribution in [1.29, 1.82) is 0 Å². The number of likely N-dealkylation sites (N-methyl/N-ethyl adjacent to an activating group) is 1. The predicted molar refractivity (Wildman–Crippen MR) is 94.3 cm³/mol. The number of nitrogens with zero attached hydrogens (tertiary/aromatic N) is 3. The van der Waals surface area contributed by atoms with Crippen LogP contribution in [0.15, 0.2) is 4.99 Å². The number of rotatable bonds is 2. The van der Waals surface area contributed by atoms with E-state index < -0.39 is 5.60 Å². The molecule has 1 saturated heterocycles. The van der Waals surface area contributed by atoms with E-state index in [1.807, 2.05) is 32.7 Å². The molecule has 0 saturated carbocycles. The SMILES string of the molecule is CN1CCN=C1NC[C@@H]1CCCN1C(=O)OC(C)(C)C.I. The van der Waals surface area contributed by atoms with Crippen LogP contribution in [0.1, 0.15) is 33.6 Å². The highest BCUT2D eigenvalue weighted by Crippen LogP contribution is 2.20. The molecule has 2 aliphatic rings. The van der Waals surface area contributed by atoms with E-state index in [2.05, 4.69) is 15.2 Å². The maximum Gasteiger partial charge on any atom is 0.410 e. The molecule has 0 aromatic rings. The monoisotopic (exact) mass is 410 g/mol. The van der Waals surface area contributed by atoms with Gasteiger partial charge in [0.05, 0.1) is 12.6 Å². The lowest BCUT2D eigenvalue weighted by Crippen LogP contribution is -2.47. The van der Waals surface area contributed by atoms with E-state index in [0.29, 0.717) is 0 Å². The smallest absolute Gasteiger partial charge is 0.410 e. The van der Waals surface area contributed by atoms with E-state index in [0.717, 1.165) is 45.0 Å². The van der Waals surface area contributed by atoms with Crippen molar-refractivity contribution >= 4 is 36.0 Å². The molecule has 1 N–H and O–H groups in total. The van der Waals surface area contributed by atoms with E-state index in [1.54, 1.807) is 0 Å². The minimum Gasteiger partial charge on any atom is -0.444 e. The van der Waals surface area contributed by atoms with Gasteiger partial charge in [-0.15, -0.1) is 24.0 Å². The van der Waals surface area contributed by atoms with Crippen molar-refractivity contribution in [3.05, 3.63) is 0 Å². The van der Waals surface area contributed by atoms with Crippen LogP contribution in [-0.4, -0.2) is 66.7 Å². The molecule has 1 fully saturated rings. The molecule has 1 amide bonds. The number of hydrogen-bond donors (Lipinski definition) is 1. The van der Waals surface area contributed by atoms with Crippen molar-refractivity contribution in [2.75, 3.05) is 33.2 Å². The normalized spacial score (nSPS) is 21.9. The summed E-state index contributed by atoms with van der Waals surface area (Å²) in [5.74, 6) is 0.932. The average Bonchev–Trinajstić information content (AvgIpc) is 2.92. The first kappa shape index (κ1) is 18.3. The molecule has 7 heteroatoms. The van der Waals surface area contributed by atoms with Gasteiger partial charge in [-0.2, -0.15) is 0 Å². The van der Waals surface area contributed by atoms with Crippen LogP contribution in [0.25, 0.3) is 0 Å². The molecule has 0 aliphatic carbocycles. The summed E-state index contributed by atoms with van der Waals surface area (Å²) < 4.78 is 5.46. The third kappa shape index (κ3) is 5.19. The summed E-state index contributed by atoms with van der Waals surface area (Å²) in [5, 5.41) is 3.35. The number of carbonyl (C=O) groups is 1. The van der Waals surface area contributed by atoms with Crippen molar-refractivity contribution in [3.63, 3.8) is 0 Å². The molecule has 0 radical (unpaired) electrons. The summed E-state index contributed by atoms with van der Waals surface area (Å²) >= 11 is 0. The van der Waals surface area contributed by atoms with E-state index >= 15 is 0 Å². The standard InChI is InChI=1S/C14H26N4O2.HI/c1-14(2,3)20-13(19)18-8-5-6-11(18)10-16-12-15-7-9-17(12)4;/h11H,5-10H2,1-4H3,(H,15,16);1H/t11-;/m0./s1. The summed E-state index contributed by atoms with van der Waals surface area (Å²) in [6.45, 7) is 9.03. The minimum atomic E-state index is -0.437. The summed E-state index contributed by atoms with van der Waals surface area (Å²) in [4.78, 5) is 20.5. The third-order valence-electron chi connectivity index (χ3n) is 3.56. The second kappa shape index (κ2) is 7.51. The zero-order valence-corrected chi connectivity index (χ0v) is 15.7. The maximum absolute atomic E-state index is 12.2. The van der Waals surface area contributed by atoms with Crippen LogP contribution in [0.4, 0.5) is 4.79 Å². The Balaban J connectivity index is 0.00000220. The van der Waals surface area contributed by atoms with Gasteiger partial charge in [-0.3, -0.25) is 4.99 Å². The molecule has 0 aromatic heterocycles. The van der Waals surface area contributed by atoms with E-state index in [1.165, 1.54) is 0 Å². The van der Waals surface area contributed by atoms with Crippen LogP contribution < -0.4 is 5.32 Å². The number of ether oxygens (including phenoxy) is 1. The second-order valence-electron chi connectivity index (χ2n) is 6.48. The van der Waals surface area contributed by atoms with E-state index in [9.17, 15) is 4.79 Å². The fourth-order valence-corrected chi connectivity index (χ4v) is 2.54. The number of amides is 1. The first-order valence-electron chi connectivity index (χ1n) is 7.36. The van der Waals surface area contributed by atoms with Crippen LogP contribution >= 0.6 is 24.0 Å². The van der Waals surface area contributed by atoms with Crippen LogP contribution in [0, 0.1) is 0 Å². The van der Waals surface area contributed by atoms with Crippen molar-refractivity contribution in [2.45, 2.75) is 45.3 Å². The van der Waals surface area contributed by atoms with Crippen LogP contribution in [0.3, 0.4) is 0 Å². The molecule has 0 aromatic carbocycles. The highest BCUT2D eigenvalue weighted by Gasteiger charge is 2.32. The first-order valence-corrected chi connectivity index (χ1v) is 7.36. The molecule has 1 atom stereocenters. The van der Waals surface area contributed by atoms with Crippen LogP contribution in [-0.2, 0) is 4.74 Å². The number of halogens is 1. The Morgan fingerprint density at radius 3 is 2.71 bits per heavy atom. The molecule has 0 unspecified atom stereocenters. The first-order chi connectivity index (χ1) is 9.37. The van der Waals surface area contributed by atoms with Crippen molar-refractivity contribution < 1.29 is 9.53 Å². The van der Waals surface area contributed by atoms with Crippen molar-refractivity contribution in [1.82, 2.24) is 15.1 Å². The van der Waals surface area contributed by atoms with Gasteiger partial charge in [-0.05, 0) is 33.6 Å². The van der Waals surface area contributed by atoms with Gasteiger partial charge in [-0.25, -0.2) is 4.79 Å². The Kier molecular flexibility index (Phi) is 6.55. The Hall–Kier alpha value is -0.730. The lowest BCUT2D eigenvalue weighted by molar-refractivity contribution is 0.0229. The predicted octanol–water partition coefficient (Wildman–Crippen LogP) is 1.89. The molecule has 122 valence electrons. The number of carbonyl (C=O) groups excluding carboxylic acids is 1. The maximum atomic E-state index is 12.2. The quantitative estimate of drug-likeness (QED) is 0.707. The zero-order chi connectivity index (χ0) is 14.8. The highest BCUT2D eigenvalue weighted by atomic mass is 127. The van der Waals surface area contributed by atoms with Gasteiger partial charge in [-0.1, -0.05) is 0 Å². The van der Waals surface area contributed by atoms with Crippen LogP contribution in [0.5, 0.6) is 0 Å². The second-order valence-corrected chi connectivity index (χ2v) is 6.48. The van der Waals surface area contributed by atoms with Gasteiger partial charge in [0.15, 0.2) is 5.96 Å². The molecule has 0 spiro atoms. The van der Waals surface area contributed by atoms with Gasteiger partial charge in [0.25, 0.3) is 0 Å². The molecule has 2 aliphatic heterocycles. The topological polar surface area (TPSA) is 57.2 Å². The summed E-state index contributed by atoms with van der Waals surface area (Å²) in [5.41, 5.74) is -0.437. The van der Waals surface area contributed by atoms with E-state index in [4.69, 9.17) is 4.74 Å². The molecule has 2 heterocycles. The number of likely N-dealkylation sites (tertiary alicyclic amines) is 1. The Bertz CT molecular complexity index is 395. The number of aliphatic imine (C=N–C) groups is 1. The fraction of sp³-hybridized carbons (Fsp3) is 0.857. The number of nitrogens with one attached hydrogen (secondary N) is 1. The summed E-state index contributed by atoms with van der Waals surface area (Å²) in [7, 11) is 2.03. The average molecular weight is 410 g/mol. The van der Waals surface area contributed by atoms with Gasteiger partial charge in [0.1, 0.15) is 5.60 Å². The van der Waals surface area contributed by atoms with Gasteiger partial charge < -0.3 is 19.9 Å². The molecular formula is C14H27IN4O2. The largest absolute Gasteiger partial charge is 0.444 e. The Labute approximate surface area is 144 Å². The van der Waals surface area contributed by atoms with Crippen molar-refractivity contribution in [3.8, 4) is 0 Å². The molecule has 6 nitrogen and oxygen atoms in total. The molecule has 2 rings (SSSR count). The Morgan fingerprint density at radius 1 is 1.43 bits per heavy atom. The summed E-state index contributed by atoms with van der Waals surface area (Å²) in [6, 6.07) is 0.196. The fourth-order valence-electron chi connectivity index (χ4n) is 2.54. The van der Waals surface area contributed by atoms with Gasteiger partial charge in [0.2, 0.25) is 0 Å². The van der Waals surface area contributed by atoms with E-state index in [-0.39, 0.29) is 36.1 Å². The zero-order valence-electron chi connectivity index (χ0n) is 13.4. The lowest BCUT2D eigenvalue weighted by atomic mass is 10.2. The van der Waals surface area contributed by atoms with Gasteiger partial charge >= 0.3 is 6.09 Å².